The van der Waals surface area contributed by atoms with Crippen LogP contribution in [0.4, 0.5) is 0 Å². The van der Waals surface area contributed by atoms with E-state index in [1.807, 2.05) is 92.7 Å². The van der Waals surface area contributed by atoms with E-state index in [0.717, 1.165) is 11.1 Å². The molecule has 102 valence electrons. The van der Waals surface area contributed by atoms with E-state index in [1.165, 1.54) is 0 Å². The van der Waals surface area contributed by atoms with Gasteiger partial charge in [-0.25, -0.2) is 0 Å². The fourth-order valence-corrected chi connectivity index (χ4v) is 1.43. The Hall–Kier alpha value is -2.41. The summed E-state index contributed by atoms with van der Waals surface area (Å²) >= 11 is 0. The average molecular weight is 264 g/mol. The standard InChI is InChI=1S/C15H12O.C4H8/c16-15(14-9-5-2-6-10-14)12-11-13-7-3-1-4-8-13;1-3-4-2/h1-12H;3-4H,1-2H3/b12-11+;. The zero-order valence-corrected chi connectivity index (χ0v) is 12.0. The van der Waals surface area contributed by atoms with E-state index in [2.05, 4.69) is 0 Å². The molecule has 0 fully saturated rings. The Kier molecular flexibility index (Phi) is 7.44. The molecule has 0 aliphatic carbocycles. The summed E-state index contributed by atoms with van der Waals surface area (Å²) in [6.45, 7) is 4.00. The Morgan fingerprint density at radius 2 is 1.30 bits per heavy atom. The minimum Gasteiger partial charge on any atom is -0.289 e. The monoisotopic (exact) mass is 264 g/mol. The van der Waals surface area contributed by atoms with Crippen molar-refractivity contribution in [3.8, 4) is 0 Å². The molecule has 0 radical (unpaired) electrons. The van der Waals surface area contributed by atoms with Crippen LogP contribution in [0.2, 0.25) is 0 Å². The minimum absolute atomic E-state index is 0.0319. The second kappa shape index (κ2) is 9.51. The largest absolute Gasteiger partial charge is 0.289 e. The lowest BCUT2D eigenvalue weighted by Crippen LogP contribution is -1.92. The van der Waals surface area contributed by atoms with Gasteiger partial charge in [-0.05, 0) is 25.5 Å². The van der Waals surface area contributed by atoms with Crippen LogP contribution in [0, 0.1) is 0 Å². The van der Waals surface area contributed by atoms with Gasteiger partial charge in [-0.2, -0.15) is 0 Å². The molecule has 0 N–H and O–H groups in total. The lowest BCUT2D eigenvalue weighted by atomic mass is 10.1. The van der Waals surface area contributed by atoms with E-state index < -0.39 is 0 Å². The Bertz CT molecular complexity index is 547. The van der Waals surface area contributed by atoms with E-state index in [1.54, 1.807) is 6.08 Å². The third-order valence-electron chi connectivity index (χ3n) is 2.62. The average Bonchev–Trinajstić information content (AvgIpc) is 2.54. The Morgan fingerprint density at radius 3 is 1.80 bits per heavy atom. The van der Waals surface area contributed by atoms with Gasteiger partial charge in [-0.15, -0.1) is 0 Å². The zero-order chi connectivity index (χ0) is 14.6. The highest BCUT2D eigenvalue weighted by molar-refractivity contribution is 6.06. The summed E-state index contributed by atoms with van der Waals surface area (Å²) in [6, 6.07) is 19.1. The van der Waals surface area contributed by atoms with Crippen molar-refractivity contribution >= 4 is 11.9 Å². The summed E-state index contributed by atoms with van der Waals surface area (Å²) in [7, 11) is 0. The molecule has 0 amide bonds. The molecule has 1 heteroatoms. The number of ketones is 1. The Morgan fingerprint density at radius 1 is 0.800 bits per heavy atom. The van der Waals surface area contributed by atoms with Gasteiger partial charge in [0, 0.05) is 5.56 Å². The molecular weight excluding hydrogens is 244 g/mol. The maximum Gasteiger partial charge on any atom is 0.185 e. The molecule has 0 unspecified atom stereocenters. The summed E-state index contributed by atoms with van der Waals surface area (Å²) in [6.07, 6.45) is 7.43. The number of allylic oxidation sites excluding steroid dienone is 3. The molecule has 0 spiro atoms. The number of carbonyl (C=O) groups is 1. The van der Waals surface area contributed by atoms with Crippen LogP contribution in [0.15, 0.2) is 78.9 Å². The summed E-state index contributed by atoms with van der Waals surface area (Å²) in [5, 5.41) is 0. The molecule has 20 heavy (non-hydrogen) atoms. The molecule has 0 atom stereocenters. The van der Waals surface area contributed by atoms with Crippen LogP contribution in [0.1, 0.15) is 29.8 Å². The molecule has 0 aliphatic rings. The van der Waals surface area contributed by atoms with Crippen molar-refractivity contribution in [2.45, 2.75) is 13.8 Å². The topological polar surface area (TPSA) is 17.1 Å². The van der Waals surface area contributed by atoms with Gasteiger partial charge >= 0.3 is 0 Å². The Labute approximate surface area is 121 Å². The molecule has 2 aromatic carbocycles. The fraction of sp³-hybridized carbons (Fsp3) is 0.105. The third-order valence-corrected chi connectivity index (χ3v) is 2.62. The number of hydrogen-bond acceptors (Lipinski definition) is 1. The van der Waals surface area contributed by atoms with E-state index >= 15 is 0 Å². The van der Waals surface area contributed by atoms with Crippen molar-refractivity contribution < 1.29 is 4.79 Å². The number of carbonyl (C=O) groups excluding carboxylic acids is 1. The van der Waals surface area contributed by atoms with Gasteiger partial charge in [-0.1, -0.05) is 78.9 Å². The summed E-state index contributed by atoms with van der Waals surface area (Å²) < 4.78 is 0. The van der Waals surface area contributed by atoms with E-state index in [0.29, 0.717) is 0 Å². The Balaban J connectivity index is 0.000000444. The number of rotatable bonds is 3. The van der Waals surface area contributed by atoms with Crippen molar-refractivity contribution in [1.29, 1.82) is 0 Å². The fourth-order valence-electron chi connectivity index (χ4n) is 1.43. The predicted molar refractivity (Wildman–Crippen MR) is 86.7 cm³/mol. The quantitative estimate of drug-likeness (QED) is 0.425. The van der Waals surface area contributed by atoms with Crippen LogP contribution in [0.5, 0.6) is 0 Å². The van der Waals surface area contributed by atoms with Gasteiger partial charge in [0.2, 0.25) is 0 Å². The van der Waals surface area contributed by atoms with Gasteiger partial charge in [0.15, 0.2) is 5.78 Å². The molecular formula is C19H20O. The summed E-state index contributed by atoms with van der Waals surface area (Å²) in [4.78, 5) is 11.7. The molecule has 2 aromatic rings. The normalized spacial score (nSPS) is 10.3. The molecule has 1 nitrogen and oxygen atoms in total. The van der Waals surface area contributed by atoms with Gasteiger partial charge in [0.05, 0.1) is 0 Å². The number of benzene rings is 2. The molecule has 0 aliphatic heterocycles. The lowest BCUT2D eigenvalue weighted by Gasteiger charge is -1.94. The highest BCUT2D eigenvalue weighted by Gasteiger charge is 1.98. The lowest BCUT2D eigenvalue weighted by molar-refractivity contribution is 0.104. The van der Waals surface area contributed by atoms with Gasteiger partial charge < -0.3 is 0 Å². The van der Waals surface area contributed by atoms with Crippen molar-refractivity contribution in [2.24, 2.45) is 0 Å². The number of hydrogen-bond donors (Lipinski definition) is 0. The van der Waals surface area contributed by atoms with Gasteiger partial charge in [0.1, 0.15) is 0 Å². The highest BCUT2D eigenvalue weighted by atomic mass is 16.1. The second-order valence-corrected chi connectivity index (χ2v) is 4.14. The first-order valence-corrected chi connectivity index (χ1v) is 6.67. The maximum atomic E-state index is 11.7. The first-order chi connectivity index (χ1) is 9.77. The first-order valence-electron chi connectivity index (χ1n) is 6.67. The predicted octanol–water partition coefficient (Wildman–Crippen LogP) is 5.17. The van der Waals surface area contributed by atoms with E-state index in [4.69, 9.17) is 0 Å². The van der Waals surface area contributed by atoms with Crippen LogP contribution in [0.25, 0.3) is 6.08 Å². The van der Waals surface area contributed by atoms with Crippen LogP contribution >= 0.6 is 0 Å². The molecule has 0 saturated heterocycles. The molecule has 0 saturated carbocycles. The van der Waals surface area contributed by atoms with Crippen molar-refractivity contribution in [3.63, 3.8) is 0 Å². The van der Waals surface area contributed by atoms with Crippen molar-refractivity contribution in [3.05, 3.63) is 90.0 Å². The maximum absolute atomic E-state index is 11.7. The minimum atomic E-state index is 0.0319. The molecule has 0 heterocycles. The molecule has 0 bridgehead atoms. The van der Waals surface area contributed by atoms with E-state index in [9.17, 15) is 4.79 Å². The molecule has 2 rings (SSSR count). The molecule has 0 aromatic heterocycles. The van der Waals surface area contributed by atoms with Crippen molar-refractivity contribution in [1.82, 2.24) is 0 Å². The van der Waals surface area contributed by atoms with Crippen LogP contribution in [-0.2, 0) is 0 Å². The SMILES string of the molecule is CC=CC.O=C(/C=C/c1ccccc1)c1ccccc1. The third kappa shape index (κ3) is 5.96. The zero-order valence-electron chi connectivity index (χ0n) is 12.0. The van der Waals surface area contributed by atoms with Crippen LogP contribution in [-0.4, -0.2) is 5.78 Å². The first kappa shape index (κ1) is 15.6. The van der Waals surface area contributed by atoms with Gasteiger partial charge in [0.25, 0.3) is 0 Å². The smallest absolute Gasteiger partial charge is 0.185 e. The van der Waals surface area contributed by atoms with E-state index in [-0.39, 0.29) is 5.78 Å². The second-order valence-electron chi connectivity index (χ2n) is 4.14. The summed E-state index contributed by atoms with van der Waals surface area (Å²) in [5.41, 5.74) is 1.75. The summed E-state index contributed by atoms with van der Waals surface area (Å²) in [5.74, 6) is 0.0319. The van der Waals surface area contributed by atoms with Gasteiger partial charge in [-0.3, -0.25) is 4.79 Å². The van der Waals surface area contributed by atoms with Crippen molar-refractivity contribution in [2.75, 3.05) is 0 Å². The van der Waals surface area contributed by atoms with Crippen LogP contribution in [0.3, 0.4) is 0 Å². The van der Waals surface area contributed by atoms with Crippen LogP contribution < -0.4 is 0 Å². The highest BCUT2D eigenvalue weighted by Crippen LogP contribution is 2.05.